The molecule has 1 aliphatic rings. The normalized spacial score (nSPS) is 17.7. The Balaban J connectivity index is 1.90. The highest BCUT2D eigenvalue weighted by atomic mass is 16.6. The second kappa shape index (κ2) is 8.03. The summed E-state index contributed by atoms with van der Waals surface area (Å²) in [6.07, 6.45) is 2.78. The van der Waals surface area contributed by atoms with Crippen LogP contribution >= 0.6 is 0 Å². The highest BCUT2D eigenvalue weighted by molar-refractivity contribution is 5.94. The Morgan fingerprint density at radius 2 is 2.17 bits per heavy atom. The van der Waals surface area contributed by atoms with Crippen LogP contribution in [-0.2, 0) is 4.79 Å². The fraction of sp³-hybridized carbons (Fsp3) is 0.562. The first kappa shape index (κ1) is 17.4. The lowest BCUT2D eigenvalue weighted by molar-refractivity contribution is -0.384. The van der Waals surface area contributed by atoms with Crippen LogP contribution in [0, 0.1) is 16.0 Å². The lowest BCUT2D eigenvalue weighted by Crippen LogP contribution is -2.46. The van der Waals surface area contributed by atoms with Crippen molar-refractivity contribution in [3.63, 3.8) is 0 Å². The van der Waals surface area contributed by atoms with Gasteiger partial charge in [-0.15, -0.1) is 0 Å². The molecule has 0 spiro atoms. The molecule has 126 valence electrons. The van der Waals surface area contributed by atoms with Gasteiger partial charge >= 0.3 is 0 Å². The molecule has 1 atom stereocenters. The fourth-order valence-electron chi connectivity index (χ4n) is 2.92. The molecule has 7 nitrogen and oxygen atoms in total. The molecule has 0 radical (unpaired) electrons. The minimum absolute atomic E-state index is 0.0414. The molecular weight excluding hydrogens is 298 g/mol. The summed E-state index contributed by atoms with van der Waals surface area (Å²) in [5.41, 5.74) is 0.395. The van der Waals surface area contributed by atoms with Crippen molar-refractivity contribution in [3.05, 3.63) is 34.4 Å². The van der Waals surface area contributed by atoms with Crippen molar-refractivity contribution in [1.29, 1.82) is 0 Å². The topological polar surface area (TPSA) is 95.7 Å². The summed E-state index contributed by atoms with van der Waals surface area (Å²) >= 11 is 0. The lowest BCUT2D eigenvalue weighted by atomic mass is 9.93. The number of nitrogens with one attached hydrogen (secondary N) is 1. The molecule has 1 amide bonds. The Morgan fingerprint density at radius 3 is 2.78 bits per heavy atom. The third-order valence-electron chi connectivity index (χ3n) is 4.44. The van der Waals surface area contributed by atoms with Crippen LogP contribution < -0.4 is 5.32 Å². The van der Waals surface area contributed by atoms with E-state index >= 15 is 0 Å². The van der Waals surface area contributed by atoms with Gasteiger partial charge in [-0.25, -0.2) is 0 Å². The molecule has 1 aromatic rings. The molecule has 0 aliphatic carbocycles. The lowest BCUT2D eigenvalue weighted by Gasteiger charge is -2.35. The number of carbonyl (C=O) groups excluding carboxylic acids is 1. The van der Waals surface area contributed by atoms with Gasteiger partial charge < -0.3 is 10.4 Å². The van der Waals surface area contributed by atoms with Crippen molar-refractivity contribution >= 4 is 17.3 Å². The van der Waals surface area contributed by atoms with E-state index in [0.29, 0.717) is 11.6 Å². The van der Waals surface area contributed by atoms with E-state index in [9.17, 15) is 14.9 Å². The summed E-state index contributed by atoms with van der Waals surface area (Å²) in [7, 11) is 0. The number of aliphatic hydroxyl groups is 1. The van der Waals surface area contributed by atoms with Gasteiger partial charge in [0.25, 0.3) is 5.69 Å². The standard InChI is InChI=1S/C16H23N3O4/c1-12(18-8-5-13(6-9-18)7-10-20)16(21)17-14-3-2-4-15(11-14)19(22)23/h2-4,11-13,20H,5-10H2,1H3,(H,17,21). The van der Waals surface area contributed by atoms with Crippen molar-refractivity contribution in [2.24, 2.45) is 5.92 Å². The van der Waals surface area contributed by atoms with Crippen LogP contribution in [0.1, 0.15) is 26.2 Å². The maximum atomic E-state index is 12.3. The number of nitro groups is 1. The van der Waals surface area contributed by atoms with Gasteiger partial charge in [0.1, 0.15) is 0 Å². The Morgan fingerprint density at radius 1 is 1.48 bits per heavy atom. The first-order valence-corrected chi connectivity index (χ1v) is 7.91. The molecule has 2 rings (SSSR count). The maximum Gasteiger partial charge on any atom is 0.271 e. The number of likely N-dealkylation sites (tertiary alicyclic amines) is 1. The van der Waals surface area contributed by atoms with Crippen molar-refractivity contribution < 1.29 is 14.8 Å². The van der Waals surface area contributed by atoms with Crippen molar-refractivity contribution in [2.75, 3.05) is 25.0 Å². The van der Waals surface area contributed by atoms with E-state index in [2.05, 4.69) is 10.2 Å². The molecule has 1 fully saturated rings. The number of nitro benzene ring substituents is 1. The average Bonchev–Trinajstić information content (AvgIpc) is 2.55. The minimum atomic E-state index is -0.481. The number of rotatable bonds is 6. The van der Waals surface area contributed by atoms with E-state index in [1.54, 1.807) is 12.1 Å². The van der Waals surface area contributed by atoms with Gasteiger partial charge in [-0.05, 0) is 51.3 Å². The van der Waals surface area contributed by atoms with Crippen molar-refractivity contribution in [3.8, 4) is 0 Å². The molecule has 1 saturated heterocycles. The van der Waals surface area contributed by atoms with Crippen LogP contribution in [0.5, 0.6) is 0 Å². The molecule has 1 aromatic carbocycles. The number of carbonyl (C=O) groups is 1. The molecular formula is C16H23N3O4. The summed E-state index contributed by atoms with van der Waals surface area (Å²) in [5, 5.41) is 22.5. The summed E-state index contributed by atoms with van der Waals surface area (Å²) < 4.78 is 0. The number of nitrogens with zero attached hydrogens (tertiary/aromatic N) is 2. The molecule has 2 N–H and O–H groups in total. The van der Waals surface area contributed by atoms with E-state index in [-0.39, 0.29) is 24.2 Å². The number of piperidine rings is 1. The van der Waals surface area contributed by atoms with E-state index < -0.39 is 4.92 Å². The van der Waals surface area contributed by atoms with Gasteiger partial charge in [-0.3, -0.25) is 19.8 Å². The first-order valence-electron chi connectivity index (χ1n) is 7.91. The van der Waals surface area contributed by atoms with Crippen molar-refractivity contribution in [2.45, 2.75) is 32.2 Å². The van der Waals surface area contributed by atoms with Crippen LogP contribution in [0.25, 0.3) is 0 Å². The Bertz CT molecular complexity index is 556. The highest BCUT2D eigenvalue weighted by Gasteiger charge is 2.26. The smallest absolute Gasteiger partial charge is 0.271 e. The predicted molar refractivity (Wildman–Crippen MR) is 87.2 cm³/mol. The Hall–Kier alpha value is -1.99. The molecule has 0 bridgehead atoms. The number of aliphatic hydroxyl groups excluding tert-OH is 1. The van der Waals surface area contributed by atoms with E-state index in [0.717, 1.165) is 32.4 Å². The van der Waals surface area contributed by atoms with E-state index in [1.807, 2.05) is 6.92 Å². The monoisotopic (exact) mass is 321 g/mol. The summed E-state index contributed by atoms with van der Waals surface area (Å²) in [6, 6.07) is 5.66. The van der Waals surface area contributed by atoms with Gasteiger partial charge in [0, 0.05) is 24.4 Å². The molecule has 7 heteroatoms. The maximum absolute atomic E-state index is 12.3. The molecule has 23 heavy (non-hydrogen) atoms. The number of amides is 1. The van der Waals surface area contributed by atoms with Gasteiger partial charge in [-0.2, -0.15) is 0 Å². The molecule has 0 aromatic heterocycles. The zero-order valence-electron chi connectivity index (χ0n) is 13.3. The predicted octanol–water partition coefficient (Wildman–Crippen LogP) is 2.02. The second-order valence-electron chi connectivity index (χ2n) is 5.96. The second-order valence-corrected chi connectivity index (χ2v) is 5.96. The zero-order chi connectivity index (χ0) is 16.8. The quantitative estimate of drug-likeness (QED) is 0.617. The molecule has 1 unspecified atom stereocenters. The molecule has 1 heterocycles. The third-order valence-corrected chi connectivity index (χ3v) is 4.44. The highest BCUT2D eigenvalue weighted by Crippen LogP contribution is 2.22. The van der Waals surface area contributed by atoms with Crippen LogP contribution in [-0.4, -0.2) is 46.6 Å². The van der Waals surface area contributed by atoms with E-state index in [1.165, 1.54) is 12.1 Å². The number of anilines is 1. The zero-order valence-corrected chi connectivity index (χ0v) is 13.3. The van der Waals surface area contributed by atoms with Gasteiger partial charge in [0.05, 0.1) is 11.0 Å². The Labute approximate surface area is 135 Å². The number of non-ortho nitro benzene ring substituents is 1. The van der Waals surface area contributed by atoms with Gasteiger partial charge in [0.15, 0.2) is 0 Å². The van der Waals surface area contributed by atoms with Crippen LogP contribution in [0.4, 0.5) is 11.4 Å². The molecule has 1 aliphatic heterocycles. The first-order chi connectivity index (χ1) is 11.0. The summed E-state index contributed by atoms with van der Waals surface area (Å²) in [5.74, 6) is 0.370. The third kappa shape index (κ3) is 4.74. The van der Waals surface area contributed by atoms with Gasteiger partial charge in [0.2, 0.25) is 5.91 Å². The van der Waals surface area contributed by atoms with Crippen LogP contribution in [0.15, 0.2) is 24.3 Å². The molecule has 0 saturated carbocycles. The average molecular weight is 321 g/mol. The van der Waals surface area contributed by atoms with Gasteiger partial charge in [-0.1, -0.05) is 6.07 Å². The largest absolute Gasteiger partial charge is 0.396 e. The van der Waals surface area contributed by atoms with Crippen LogP contribution in [0.2, 0.25) is 0 Å². The SMILES string of the molecule is CC(C(=O)Nc1cccc([N+](=O)[O-])c1)N1CCC(CCO)CC1. The number of hydrogen-bond acceptors (Lipinski definition) is 5. The van der Waals surface area contributed by atoms with Crippen LogP contribution in [0.3, 0.4) is 0 Å². The Kier molecular flexibility index (Phi) is 6.06. The van der Waals surface area contributed by atoms with E-state index in [4.69, 9.17) is 5.11 Å². The number of benzene rings is 1. The summed E-state index contributed by atoms with van der Waals surface area (Å²) in [6.45, 7) is 3.72. The summed E-state index contributed by atoms with van der Waals surface area (Å²) in [4.78, 5) is 24.7. The number of hydrogen-bond donors (Lipinski definition) is 2. The minimum Gasteiger partial charge on any atom is -0.396 e. The fourth-order valence-corrected chi connectivity index (χ4v) is 2.92. The van der Waals surface area contributed by atoms with Crippen molar-refractivity contribution in [1.82, 2.24) is 4.90 Å².